The number of benzene rings is 1. The first-order valence-electron chi connectivity index (χ1n) is 6.04. The lowest BCUT2D eigenvalue weighted by molar-refractivity contribution is 0.415. The zero-order chi connectivity index (χ0) is 14.4. The smallest absolute Gasteiger partial charge is 0.212 e. The van der Waals surface area contributed by atoms with Gasteiger partial charge in [0, 0.05) is 5.75 Å². The molecule has 0 atom stereocenters. The highest BCUT2D eigenvalue weighted by Crippen LogP contribution is 2.17. The molecular weight excluding hydrogens is 272 g/mol. The Balaban J connectivity index is 2.06. The summed E-state index contributed by atoms with van der Waals surface area (Å²) in [4.78, 5) is 0. The summed E-state index contributed by atoms with van der Waals surface area (Å²) in [6.45, 7) is 5.85. The SMILES string of the molecule is C=C(C)CSc1nncn1/N=C\c1ccc(OC)cc1. The van der Waals surface area contributed by atoms with Crippen LogP contribution in [0.25, 0.3) is 0 Å². The molecule has 0 unspecified atom stereocenters. The van der Waals surface area contributed by atoms with E-state index in [9.17, 15) is 0 Å². The van der Waals surface area contributed by atoms with Gasteiger partial charge in [-0.25, -0.2) is 0 Å². The summed E-state index contributed by atoms with van der Waals surface area (Å²) in [6, 6.07) is 7.66. The van der Waals surface area contributed by atoms with Crippen LogP contribution in [0.5, 0.6) is 5.75 Å². The molecule has 0 aliphatic carbocycles. The number of thioether (sulfide) groups is 1. The molecule has 0 saturated heterocycles. The third kappa shape index (κ3) is 3.96. The van der Waals surface area contributed by atoms with Gasteiger partial charge in [0.2, 0.25) is 5.16 Å². The van der Waals surface area contributed by atoms with Gasteiger partial charge in [-0.3, -0.25) is 0 Å². The van der Waals surface area contributed by atoms with E-state index in [2.05, 4.69) is 21.9 Å². The molecule has 6 heteroatoms. The molecule has 1 heterocycles. The second-order valence-electron chi connectivity index (χ2n) is 4.22. The quantitative estimate of drug-likeness (QED) is 0.466. The Hall–Kier alpha value is -2.08. The van der Waals surface area contributed by atoms with Gasteiger partial charge in [-0.15, -0.1) is 10.2 Å². The van der Waals surface area contributed by atoms with Crippen LogP contribution >= 0.6 is 11.8 Å². The van der Waals surface area contributed by atoms with Gasteiger partial charge >= 0.3 is 0 Å². The van der Waals surface area contributed by atoms with Crippen molar-refractivity contribution < 1.29 is 4.74 Å². The Bertz CT molecular complexity index is 604. The van der Waals surface area contributed by atoms with Crippen LogP contribution < -0.4 is 4.74 Å². The maximum Gasteiger partial charge on any atom is 0.212 e. The lowest BCUT2D eigenvalue weighted by Gasteiger charge is -2.01. The number of rotatable bonds is 6. The first-order chi connectivity index (χ1) is 9.69. The first kappa shape index (κ1) is 14.3. The highest BCUT2D eigenvalue weighted by molar-refractivity contribution is 7.99. The number of nitrogens with zero attached hydrogens (tertiary/aromatic N) is 4. The van der Waals surface area contributed by atoms with Crippen molar-refractivity contribution in [3.63, 3.8) is 0 Å². The Labute approximate surface area is 122 Å². The molecule has 0 aliphatic heterocycles. The molecular formula is C14H16N4OS. The van der Waals surface area contributed by atoms with Crippen molar-refractivity contribution in [2.24, 2.45) is 5.10 Å². The standard InChI is InChI=1S/C14H16N4OS/c1-11(2)9-20-14-17-15-10-18(14)16-8-12-4-6-13(19-3)7-5-12/h4-8,10H,1,9H2,2-3H3/b16-8-. The predicted octanol–water partition coefficient (Wildman–Crippen LogP) is 2.84. The molecule has 1 aromatic heterocycles. The third-order valence-corrected chi connectivity index (χ3v) is 3.56. The summed E-state index contributed by atoms with van der Waals surface area (Å²) in [5, 5.41) is 13.0. The van der Waals surface area contributed by atoms with Crippen LogP contribution in [0.1, 0.15) is 12.5 Å². The molecule has 104 valence electrons. The molecule has 0 fully saturated rings. The van der Waals surface area contributed by atoms with E-state index in [1.54, 1.807) is 36.1 Å². The van der Waals surface area contributed by atoms with Crippen molar-refractivity contribution in [2.45, 2.75) is 12.1 Å². The van der Waals surface area contributed by atoms with E-state index in [0.29, 0.717) is 0 Å². The van der Waals surface area contributed by atoms with E-state index in [0.717, 1.165) is 27.8 Å². The predicted molar refractivity (Wildman–Crippen MR) is 81.5 cm³/mol. The number of hydrogen-bond donors (Lipinski definition) is 0. The summed E-state index contributed by atoms with van der Waals surface area (Å²) in [5.41, 5.74) is 2.07. The molecule has 2 aromatic rings. The minimum absolute atomic E-state index is 0.748. The van der Waals surface area contributed by atoms with Gasteiger partial charge in [-0.2, -0.15) is 9.78 Å². The van der Waals surface area contributed by atoms with Crippen LogP contribution in [-0.4, -0.2) is 34.0 Å². The van der Waals surface area contributed by atoms with Crippen molar-refractivity contribution >= 4 is 18.0 Å². The van der Waals surface area contributed by atoms with Crippen LogP contribution in [0.3, 0.4) is 0 Å². The number of ether oxygens (including phenoxy) is 1. The average molecular weight is 288 g/mol. The second-order valence-corrected chi connectivity index (χ2v) is 5.16. The van der Waals surface area contributed by atoms with E-state index in [1.165, 1.54) is 0 Å². The lowest BCUT2D eigenvalue weighted by atomic mass is 10.2. The summed E-state index contributed by atoms with van der Waals surface area (Å²) in [6.07, 6.45) is 3.34. The summed E-state index contributed by atoms with van der Waals surface area (Å²) in [7, 11) is 1.64. The van der Waals surface area contributed by atoms with Gasteiger partial charge in [0.1, 0.15) is 12.1 Å². The molecule has 20 heavy (non-hydrogen) atoms. The average Bonchev–Trinajstić information content (AvgIpc) is 2.91. The number of methoxy groups -OCH3 is 1. The van der Waals surface area contributed by atoms with Gasteiger partial charge in [0.15, 0.2) is 0 Å². The van der Waals surface area contributed by atoms with E-state index in [4.69, 9.17) is 4.74 Å². The van der Waals surface area contributed by atoms with Gasteiger partial charge in [0.05, 0.1) is 13.3 Å². The molecule has 0 aliphatic rings. The highest BCUT2D eigenvalue weighted by Gasteiger charge is 2.03. The Morgan fingerprint density at radius 3 is 2.85 bits per heavy atom. The topological polar surface area (TPSA) is 52.3 Å². The fourth-order valence-electron chi connectivity index (χ4n) is 1.40. The largest absolute Gasteiger partial charge is 0.497 e. The van der Waals surface area contributed by atoms with Crippen LogP contribution in [0.15, 0.2) is 53.0 Å². The van der Waals surface area contributed by atoms with Gasteiger partial charge in [0.25, 0.3) is 0 Å². The van der Waals surface area contributed by atoms with Crippen LogP contribution in [0.4, 0.5) is 0 Å². The molecule has 0 N–H and O–H groups in total. The molecule has 2 rings (SSSR count). The van der Waals surface area contributed by atoms with E-state index in [-0.39, 0.29) is 0 Å². The van der Waals surface area contributed by atoms with Crippen LogP contribution in [-0.2, 0) is 0 Å². The van der Waals surface area contributed by atoms with Crippen molar-refractivity contribution in [1.82, 2.24) is 14.9 Å². The van der Waals surface area contributed by atoms with Crippen molar-refractivity contribution in [1.29, 1.82) is 0 Å². The zero-order valence-electron chi connectivity index (χ0n) is 11.5. The molecule has 0 saturated carbocycles. The molecule has 0 bridgehead atoms. The lowest BCUT2D eigenvalue weighted by Crippen LogP contribution is -1.93. The summed E-state index contributed by atoms with van der Waals surface area (Å²) >= 11 is 1.56. The molecule has 0 radical (unpaired) electrons. The van der Waals surface area contributed by atoms with Crippen molar-refractivity contribution in [3.8, 4) is 5.75 Å². The highest BCUT2D eigenvalue weighted by atomic mass is 32.2. The van der Waals surface area contributed by atoms with Gasteiger partial charge < -0.3 is 4.74 Å². The zero-order valence-corrected chi connectivity index (χ0v) is 12.3. The van der Waals surface area contributed by atoms with E-state index in [1.807, 2.05) is 31.2 Å². The number of aromatic nitrogens is 3. The van der Waals surface area contributed by atoms with Gasteiger partial charge in [-0.1, -0.05) is 23.9 Å². The van der Waals surface area contributed by atoms with E-state index >= 15 is 0 Å². The van der Waals surface area contributed by atoms with Crippen molar-refractivity contribution in [3.05, 3.63) is 48.3 Å². The fourth-order valence-corrected chi connectivity index (χ4v) is 2.11. The summed E-state index contributed by atoms with van der Waals surface area (Å²) < 4.78 is 6.76. The van der Waals surface area contributed by atoms with Gasteiger partial charge in [-0.05, 0) is 36.8 Å². The maximum atomic E-state index is 5.11. The van der Waals surface area contributed by atoms with E-state index < -0.39 is 0 Å². The Kier molecular flexibility index (Phi) is 4.95. The summed E-state index contributed by atoms with van der Waals surface area (Å²) in [5.74, 6) is 1.63. The maximum absolute atomic E-state index is 5.11. The molecule has 0 amide bonds. The van der Waals surface area contributed by atoms with Crippen LogP contribution in [0.2, 0.25) is 0 Å². The first-order valence-corrected chi connectivity index (χ1v) is 7.03. The minimum Gasteiger partial charge on any atom is -0.497 e. The Morgan fingerprint density at radius 1 is 1.45 bits per heavy atom. The molecule has 0 spiro atoms. The minimum atomic E-state index is 0.748. The monoisotopic (exact) mass is 288 g/mol. The normalized spacial score (nSPS) is 10.9. The fraction of sp³-hybridized carbons (Fsp3) is 0.214. The number of hydrogen-bond acceptors (Lipinski definition) is 5. The van der Waals surface area contributed by atoms with Crippen LogP contribution in [0, 0.1) is 0 Å². The third-order valence-electron chi connectivity index (χ3n) is 2.39. The Morgan fingerprint density at radius 2 is 2.20 bits per heavy atom. The van der Waals surface area contributed by atoms with Crippen molar-refractivity contribution in [2.75, 3.05) is 12.9 Å². The molecule has 1 aromatic carbocycles. The molecule has 5 nitrogen and oxygen atoms in total. The second kappa shape index (κ2) is 6.91.